The van der Waals surface area contributed by atoms with Crippen molar-refractivity contribution in [3.8, 4) is 5.75 Å². The number of aliphatic hydroxyl groups is 1. The fraction of sp³-hybridized carbons (Fsp3) is 0.333. The highest BCUT2D eigenvalue weighted by Gasteiger charge is 2.13. The van der Waals surface area contributed by atoms with Crippen molar-refractivity contribution in [3.05, 3.63) is 41.5 Å². The van der Waals surface area contributed by atoms with E-state index >= 15 is 0 Å². The van der Waals surface area contributed by atoms with Gasteiger partial charge >= 0.3 is 0 Å². The Balaban J connectivity index is 2.21. The monoisotopic (exact) mass is 190 g/mol. The molecule has 1 N–H and O–H groups in total. The van der Waals surface area contributed by atoms with Crippen molar-refractivity contribution in [1.29, 1.82) is 0 Å². The Labute approximate surface area is 83.8 Å². The molecule has 0 spiro atoms. The van der Waals surface area contributed by atoms with Crippen LogP contribution >= 0.6 is 0 Å². The van der Waals surface area contributed by atoms with Gasteiger partial charge in [0.15, 0.2) is 0 Å². The number of hydrogen-bond acceptors (Lipinski definition) is 2. The molecule has 1 heterocycles. The molecule has 2 heteroatoms. The third-order valence-electron chi connectivity index (χ3n) is 2.28. The van der Waals surface area contributed by atoms with Crippen molar-refractivity contribution in [1.82, 2.24) is 0 Å². The zero-order chi connectivity index (χ0) is 9.97. The highest BCUT2D eigenvalue weighted by Crippen LogP contribution is 2.26. The van der Waals surface area contributed by atoms with E-state index in [1.165, 1.54) is 5.56 Å². The van der Waals surface area contributed by atoms with Gasteiger partial charge in [-0.05, 0) is 24.1 Å². The minimum Gasteiger partial charge on any atom is -0.489 e. The molecule has 0 saturated heterocycles. The lowest BCUT2D eigenvalue weighted by molar-refractivity contribution is 0.240. The van der Waals surface area contributed by atoms with Crippen molar-refractivity contribution in [2.75, 3.05) is 6.61 Å². The van der Waals surface area contributed by atoms with E-state index in [4.69, 9.17) is 4.74 Å². The third kappa shape index (κ3) is 1.96. The van der Waals surface area contributed by atoms with Gasteiger partial charge in [-0.1, -0.05) is 24.3 Å². The predicted molar refractivity (Wildman–Crippen MR) is 55.4 cm³/mol. The fourth-order valence-electron chi connectivity index (χ4n) is 1.70. The second-order valence-corrected chi connectivity index (χ2v) is 3.64. The van der Waals surface area contributed by atoms with Crippen LogP contribution in [0.2, 0.25) is 0 Å². The predicted octanol–water partition coefficient (Wildman–Crippen LogP) is 1.93. The van der Waals surface area contributed by atoms with Crippen LogP contribution in [0.15, 0.2) is 35.9 Å². The first-order valence-corrected chi connectivity index (χ1v) is 4.84. The summed E-state index contributed by atoms with van der Waals surface area (Å²) in [5.74, 6) is 0.968. The van der Waals surface area contributed by atoms with Crippen LogP contribution in [0, 0.1) is 0 Å². The van der Waals surface area contributed by atoms with Crippen molar-refractivity contribution in [2.45, 2.75) is 19.4 Å². The minimum atomic E-state index is -0.390. The molecule has 0 bridgehead atoms. The lowest BCUT2D eigenvalue weighted by atomic mass is 10.0. The van der Waals surface area contributed by atoms with Crippen LogP contribution in [-0.4, -0.2) is 17.8 Å². The van der Waals surface area contributed by atoms with E-state index in [0.717, 1.165) is 17.7 Å². The molecule has 1 aromatic carbocycles. The first-order valence-electron chi connectivity index (χ1n) is 4.84. The summed E-state index contributed by atoms with van der Waals surface area (Å²) < 4.78 is 5.56. The molecule has 0 aromatic heterocycles. The summed E-state index contributed by atoms with van der Waals surface area (Å²) in [6, 6.07) is 8.02. The third-order valence-corrected chi connectivity index (χ3v) is 2.28. The van der Waals surface area contributed by atoms with Crippen LogP contribution in [-0.2, 0) is 6.42 Å². The molecule has 0 radical (unpaired) electrons. The van der Waals surface area contributed by atoms with Crippen molar-refractivity contribution >= 4 is 0 Å². The van der Waals surface area contributed by atoms with Gasteiger partial charge in [0.2, 0.25) is 0 Å². The molecule has 2 rings (SSSR count). The zero-order valence-electron chi connectivity index (χ0n) is 8.23. The Morgan fingerprint density at radius 1 is 1.43 bits per heavy atom. The fourth-order valence-corrected chi connectivity index (χ4v) is 1.70. The lowest BCUT2D eigenvalue weighted by Crippen LogP contribution is -2.13. The van der Waals surface area contributed by atoms with E-state index in [1.54, 1.807) is 6.92 Å². The van der Waals surface area contributed by atoms with Gasteiger partial charge in [0.25, 0.3) is 0 Å². The average Bonchev–Trinajstić information content (AvgIpc) is 2.17. The molecule has 0 saturated carbocycles. The summed E-state index contributed by atoms with van der Waals surface area (Å²) in [6.07, 6.45) is 2.36. The standard InChI is InChI=1S/C12H14O2/c1-9(13)6-10-7-11-4-2-3-5-12(11)14-8-10/h2-6,9,13H,7-8H2,1H3/b10-6+. The van der Waals surface area contributed by atoms with E-state index in [0.29, 0.717) is 6.61 Å². The van der Waals surface area contributed by atoms with E-state index in [2.05, 4.69) is 6.07 Å². The maximum atomic E-state index is 9.22. The summed E-state index contributed by atoms with van der Waals surface area (Å²) in [5.41, 5.74) is 2.35. The van der Waals surface area contributed by atoms with Gasteiger partial charge in [0, 0.05) is 6.42 Å². The van der Waals surface area contributed by atoms with Gasteiger partial charge in [-0.2, -0.15) is 0 Å². The topological polar surface area (TPSA) is 29.5 Å². The number of hydrogen-bond donors (Lipinski definition) is 1. The van der Waals surface area contributed by atoms with Crippen LogP contribution < -0.4 is 4.74 Å². The molecule has 74 valence electrons. The van der Waals surface area contributed by atoms with Crippen LogP contribution in [0.4, 0.5) is 0 Å². The van der Waals surface area contributed by atoms with Crippen molar-refractivity contribution < 1.29 is 9.84 Å². The largest absolute Gasteiger partial charge is 0.489 e. The smallest absolute Gasteiger partial charge is 0.123 e. The van der Waals surface area contributed by atoms with Crippen LogP contribution in [0.5, 0.6) is 5.75 Å². The second-order valence-electron chi connectivity index (χ2n) is 3.64. The summed E-state index contributed by atoms with van der Waals surface area (Å²) >= 11 is 0. The van der Waals surface area contributed by atoms with Crippen molar-refractivity contribution in [2.24, 2.45) is 0 Å². The van der Waals surface area contributed by atoms with Gasteiger partial charge in [-0.15, -0.1) is 0 Å². The molecular weight excluding hydrogens is 176 g/mol. The normalized spacial score (nSPS) is 20.0. The summed E-state index contributed by atoms with van der Waals surface area (Å²) in [7, 11) is 0. The Bertz CT molecular complexity index is 353. The lowest BCUT2D eigenvalue weighted by Gasteiger charge is -2.20. The Hall–Kier alpha value is -1.28. The molecule has 14 heavy (non-hydrogen) atoms. The first-order chi connectivity index (χ1) is 6.75. The van der Waals surface area contributed by atoms with Crippen LogP contribution in [0.25, 0.3) is 0 Å². The highest BCUT2D eigenvalue weighted by atomic mass is 16.5. The Kier molecular flexibility index (Phi) is 2.55. The average molecular weight is 190 g/mol. The number of para-hydroxylation sites is 1. The number of aliphatic hydroxyl groups excluding tert-OH is 1. The molecule has 0 aliphatic carbocycles. The Morgan fingerprint density at radius 3 is 3.00 bits per heavy atom. The number of rotatable bonds is 1. The van der Waals surface area contributed by atoms with E-state index in [1.807, 2.05) is 24.3 Å². The van der Waals surface area contributed by atoms with Crippen molar-refractivity contribution in [3.63, 3.8) is 0 Å². The van der Waals surface area contributed by atoms with E-state index in [9.17, 15) is 5.11 Å². The van der Waals surface area contributed by atoms with Gasteiger partial charge in [0.05, 0.1) is 6.10 Å². The molecule has 1 unspecified atom stereocenters. The number of benzene rings is 1. The SMILES string of the molecule is CC(O)/C=C1/COc2ccccc2C1. The van der Waals surface area contributed by atoms with E-state index in [-0.39, 0.29) is 6.10 Å². The van der Waals surface area contributed by atoms with Crippen LogP contribution in [0.1, 0.15) is 12.5 Å². The van der Waals surface area contributed by atoms with Gasteiger partial charge in [-0.25, -0.2) is 0 Å². The molecule has 0 fully saturated rings. The molecule has 1 aliphatic rings. The summed E-state index contributed by atoms with van der Waals surface area (Å²) in [6.45, 7) is 2.36. The summed E-state index contributed by atoms with van der Waals surface area (Å²) in [5, 5.41) is 9.22. The first kappa shape index (κ1) is 9.28. The zero-order valence-corrected chi connectivity index (χ0v) is 8.23. The molecule has 2 nitrogen and oxygen atoms in total. The quantitative estimate of drug-likeness (QED) is 0.686. The number of fused-ring (bicyclic) bond motifs is 1. The van der Waals surface area contributed by atoms with Gasteiger partial charge in [0.1, 0.15) is 12.4 Å². The molecular formula is C12H14O2. The minimum absolute atomic E-state index is 0.390. The molecule has 0 amide bonds. The van der Waals surface area contributed by atoms with E-state index < -0.39 is 0 Å². The number of ether oxygens (including phenoxy) is 1. The Morgan fingerprint density at radius 2 is 2.21 bits per heavy atom. The second kappa shape index (κ2) is 3.84. The van der Waals surface area contributed by atoms with Crippen LogP contribution in [0.3, 0.4) is 0 Å². The van der Waals surface area contributed by atoms with Gasteiger partial charge in [-0.3, -0.25) is 0 Å². The maximum Gasteiger partial charge on any atom is 0.123 e. The maximum absolute atomic E-state index is 9.22. The highest BCUT2D eigenvalue weighted by molar-refractivity contribution is 5.39. The molecule has 1 atom stereocenters. The molecule has 1 aromatic rings. The summed E-state index contributed by atoms with van der Waals surface area (Å²) in [4.78, 5) is 0. The molecule has 1 aliphatic heterocycles. The van der Waals surface area contributed by atoms with Gasteiger partial charge < -0.3 is 9.84 Å².